The number of thiophene rings is 1. The molecule has 0 bridgehead atoms. The lowest BCUT2D eigenvalue weighted by Crippen LogP contribution is -2.44. The van der Waals surface area contributed by atoms with E-state index < -0.39 is 5.60 Å². The Balaban J connectivity index is 0.00000300. The number of rotatable bonds is 8. The molecule has 6 nitrogen and oxygen atoms in total. The molecule has 8 heteroatoms. The molecule has 0 aliphatic heterocycles. The zero-order chi connectivity index (χ0) is 19.8. The molecule has 0 radical (unpaired) electrons. The van der Waals surface area contributed by atoms with E-state index in [9.17, 15) is 5.11 Å². The first kappa shape index (κ1) is 23.4. The number of hydrogen-bond acceptors (Lipinski definition) is 4. The second-order valence-electron chi connectivity index (χ2n) is 6.76. The Morgan fingerprint density at radius 2 is 2.00 bits per heavy atom. The van der Waals surface area contributed by atoms with Crippen molar-refractivity contribution in [1.82, 2.24) is 20.2 Å². The third kappa shape index (κ3) is 6.83. The SMILES string of the molecule is CCNC(=NCc1nccn1Cc1ccccc1)NCC(C)(O)c1cccs1.I. The molecule has 0 saturated heterocycles. The number of aliphatic hydroxyl groups is 1. The molecule has 0 spiro atoms. The van der Waals surface area contributed by atoms with Crippen molar-refractivity contribution in [2.45, 2.75) is 32.5 Å². The Kier molecular flexibility index (Phi) is 9.12. The van der Waals surface area contributed by atoms with Gasteiger partial charge in [-0.2, -0.15) is 0 Å². The van der Waals surface area contributed by atoms with Gasteiger partial charge in [0, 0.05) is 30.4 Å². The number of aromatic nitrogens is 2. The zero-order valence-corrected chi connectivity index (χ0v) is 19.9. The standard InChI is InChI=1S/C21H27N5OS.HI/c1-3-22-20(25-16-21(2,27)18-10-7-13-28-18)24-14-19-23-11-12-26(19)15-17-8-5-4-6-9-17;/h4-13,27H,3,14-16H2,1-2H3,(H2,22,24,25);1H. The van der Waals surface area contributed by atoms with Crippen molar-refractivity contribution in [2.75, 3.05) is 13.1 Å². The maximum absolute atomic E-state index is 10.7. The van der Waals surface area contributed by atoms with Gasteiger partial charge in [0.1, 0.15) is 18.0 Å². The first-order chi connectivity index (χ1) is 13.6. The van der Waals surface area contributed by atoms with E-state index in [4.69, 9.17) is 0 Å². The van der Waals surface area contributed by atoms with E-state index in [1.54, 1.807) is 17.5 Å². The predicted molar refractivity (Wildman–Crippen MR) is 130 cm³/mol. The highest BCUT2D eigenvalue weighted by atomic mass is 127. The normalized spacial score (nSPS) is 13.4. The highest BCUT2D eigenvalue weighted by Gasteiger charge is 2.24. The Labute approximate surface area is 193 Å². The van der Waals surface area contributed by atoms with Crippen LogP contribution in [0.15, 0.2) is 65.2 Å². The van der Waals surface area contributed by atoms with Gasteiger partial charge in [-0.15, -0.1) is 35.3 Å². The van der Waals surface area contributed by atoms with Crippen molar-refractivity contribution < 1.29 is 5.11 Å². The van der Waals surface area contributed by atoms with Gasteiger partial charge in [-0.1, -0.05) is 36.4 Å². The number of nitrogens with one attached hydrogen (secondary N) is 2. The van der Waals surface area contributed by atoms with Gasteiger partial charge in [0.2, 0.25) is 0 Å². The summed E-state index contributed by atoms with van der Waals surface area (Å²) in [4.78, 5) is 10.0. The van der Waals surface area contributed by atoms with Crippen LogP contribution in [0.25, 0.3) is 0 Å². The molecule has 3 rings (SSSR count). The van der Waals surface area contributed by atoms with Crippen molar-refractivity contribution in [3.8, 4) is 0 Å². The third-order valence-electron chi connectivity index (χ3n) is 4.37. The second-order valence-corrected chi connectivity index (χ2v) is 7.70. The molecule has 2 aromatic heterocycles. The van der Waals surface area contributed by atoms with Crippen molar-refractivity contribution in [2.24, 2.45) is 4.99 Å². The molecule has 3 aromatic rings. The van der Waals surface area contributed by atoms with Crippen LogP contribution in [0.1, 0.15) is 30.1 Å². The van der Waals surface area contributed by atoms with Crippen LogP contribution in [0.5, 0.6) is 0 Å². The summed E-state index contributed by atoms with van der Waals surface area (Å²) >= 11 is 1.55. The second kappa shape index (κ2) is 11.3. The molecule has 1 unspecified atom stereocenters. The molecule has 0 saturated carbocycles. The lowest BCUT2D eigenvalue weighted by molar-refractivity contribution is 0.0655. The summed E-state index contributed by atoms with van der Waals surface area (Å²) in [6.45, 7) is 6.16. The van der Waals surface area contributed by atoms with Crippen LogP contribution in [-0.4, -0.2) is 33.7 Å². The van der Waals surface area contributed by atoms with E-state index in [-0.39, 0.29) is 24.0 Å². The van der Waals surface area contributed by atoms with E-state index in [0.717, 1.165) is 23.8 Å². The van der Waals surface area contributed by atoms with E-state index in [1.165, 1.54) is 5.56 Å². The third-order valence-corrected chi connectivity index (χ3v) is 5.50. The average Bonchev–Trinajstić information content (AvgIpc) is 3.38. The first-order valence-corrected chi connectivity index (χ1v) is 10.3. The molecular weight excluding hydrogens is 497 g/mol. The lowest BCUT2D eigenvalue weighted by Gasteiger charge is -2.23. The Morgan fingerprint density at radius 1 is 1.21 bits per heavy atom. The van der Waals surface area contributed by atoms with E-state index in [0.29, 0.717) is 19.0 Å². The van der Waals surface area contributed by atoms with Crippen molar-refractivity contribution in [1.29, 1.82) is 0 Å². The number of hydrogen-bond donors (Lipinski definition) is 3. The van der Waals surface area contributed by atoms with Gasteiger partial charge >= 0.3 is 0 Å². The molecule has 2 heterocycles. The van der Waals surface area contributed by atoms with Crippen LogP contribution in [-0.2, 0) is 18.7 Å². The minimum atomic E-state index is -0.948. The summed E-state index contributed by atoms with van der Waals surface area (Å²) in [5.41, 5.74) is 0.276. The molecule has 3 N–H and O–H groups in total. The van der Waals surface area contributed by atoms with Crippen molar-refractivity contribution in [3.63, 3.8) is 0 Å². The Bertz CT molecular complexity index is 878. The highest BCUT2D eigenvalue weighted by molar-refractivity contribution is 14.0. The lowest BCUT2D eigenvalue weighted by atomic mass is 10.1. The fraction of sp³-hybridized carbons (Fsp3) is 0.333. The monoisotopic (exact) mass is 525 g/mol. The van der Waals surface area contributed by atoms with Gasteiger partial charge in [-0.25, -0.2) is 9.98 Å². The first-order valence-electron chi connectivity index (χ1n) is 9.41. The molecule has 0 amide bonds. The number of halogens is 1. The Hall–Kier alpha value is -1.91. The maximum Gasteiger partial charge on any atom is 0.191 e. The quantitative estimate of drug-likeness (QED) is 0.239. The molecular formula is C21H28IN5OS. The summed E-state index contributed by atoms with van der Waals surface area (Å²) in [5.74, 6) is 1.56. The number of guanidine groups is 1. The summed E-state index contributed by atoms with van der Waals surface area (Å²) in [7, 11) is 0. The van der Waals surface area contributed by atoms with Gasteiger partial charge in [0.25, 0.3) is 0 Å². The van der Waals surface area contributed by atoms with Crippen molar-refractivity contribution in [3.05, 3.63) is 76.5 Å². The van der Waals surface area contributed by atoms with Crippen LogP contribution < -0.4 is 10.6 Å². The van der Waals surface area contributed by atoms with Crippen LogP contribution in [0.4, 0.5) is 0 Å². The molecule has 156 valence electrons. The number of benzene rings is 1. The van der Waals surface area contributed by atoms with Gasteiger partial charge in [0.05, 0.1) is 6.54 Å². The van der Waals surface area contributed by atoms with Crippen LogP contribution in [0.2, 0.25) is 0 Å². The summed E-state index contributed by atoms with van der Waals surface area (Å²) in [5, 5.41) is 19.1. The molecule has 1 aromatic carbocycles. The number of aliphatic imine (C=N–C) groups is 1. The zero-order valence-electron chi connectivity index (χ0n) is 16.7. The van der Waals surface area contributed by atoms with E-state index >= 15 is 0 Å². The molecule has 1 atom stereocenters. The minimum absolute atomic E-state index is 0. The maximum atomic E-state index is 10.7. The fourth-order valence-corrected chi connectivity index (χ4v) is 3.62. The molecule has 0 aliphatic rings. The van der Waals surface area contributed by atoms with E-state index in [1.807, 2.05) is 55.8 Å². The summed E-state index contributed by atoms with van der Waals surface area (Å²) in [6, 6.07) is 14.2. The Morgan fingerprint density at radius 3 is 2.69 bits per heavy atom. The topological polar surface area (TPSA) is 74.5 Å². The summed E-state index contributed by atoms with van der Waals surface area (Å²) in [6.07, 6.45) is 3.77. The summed E-state index contributed by atoms with van der Waals surface area (Å²) < 4.78 is 2.10. The predicted octanol–water partition coefficient (Wildman–Crippen LogP) is 3.57. The number of imidazole rings is 1. The largest absolute Gasteiger partial charge is 0.383 e. The van der Waals surface area contributed by atoms with Gasteiger partial charge < -0.3 is 20.3 Å². The van der Waals surface area contributed by atoms with E-state index in [2.05, 4.69) is 37.3 Å². The number of nitrogens with zero attached hydrogens (tertiary/aromatic N) is 3. The van der Waals surface area contributed by atoms with Crippen LogP contribution in [0.3, 0.4) is 0 Å². The van der Waals surface area contributed by atoms with Crippen LogP contribution in [0, 0.1) is 0 Å². The minimum Gasteiger partial charge on any atom is -0.383 e. The van der Waals surface area contributed by atoms with Gasteiger partial charge in [-0.3, -0.25) is 0 Å². The smallest absolute Gasteiger partial charge is 0.191 e. The molecule has 29 heavy (non-hydrogen) atoms. The van der Waals surface area contributed by atoms with Crippen LogP contribution >= 0.6 is 35.3 Å². The van der Waals surface area contributed by atoms with Gasteiger partial charge in [-0.05, 0) is 30.9 Å². The highest BCUT2D eigenvalue weighted by Crippen LogP contribution is 2.24. The fourth-order valence-electron chi connectivity index (χ4n) is 2.84. The average molecular weight is 525 g/mol. The van der Waals surface area contributed by atoms with Crippen molar-refractivity contribution >= 4 is 41.3 Å². The molecule has 0 aliphatic carbocycles. The van der Waals surface area contributed by atoms with Gasteiger partial charge in [0.15, 0.2) is 5.96 Å². The molecule has 0 fully saturated rings.